The molecule has 0 nitrogen and oxygen atoms in total. The van der Waals surface area contributed by atoms with Gasteiger partial charge >= 0.3 is 0 Å². The van der Waals surface area contributed by atoms with Gasteiger partial charge < -0.3 is 0 Å². The standard InChI is InChI=1S/C44H30S.C2H6/c1-3-13-29(14-4-1)32-25-33(30-15-5-2-6-16-30)27-34(26-32)44-38-20-9-7-18-36(38)43(37-19-8-10-21-39(37)44)31-23-24-42-40(28-31)35-17-11-12-22-41(35)45-42;1-2/h1-9,11-20,22-28H,10,21H2;1-2H3. The van der Waals surface area contributed by atoms with Gasteiger partial charge in [0.1, 0.15) is 0 Å². The van der Waals surface area contributed by atoms with Gasteiger partial charge in [-0.05, 0) is 116 Å². The highest BCUT2D eigenvalue weighted by molar-refractivity contribution is 7.25. The molecule has 0 saturated carbocycles. The van der Waals surface area contributed by atoms with E-state index in [-0.39, 0.29) is 0 Å². The fourth-order valence-electron chi connectivity index (χ4n) is 7.27. The second-order valence-electron chi connectivity index (χ2n) is 12.0. The third-order valence-corrected chi connectivity index (χ3v) is 10.5. The molecule has 0 saturated heterocycles. The van der Waals surface area contributed by atoms with Crippen molar-refractivity contribution >= 4 is 48.4 Å². The molecule has 47 heavy (non-hydrogen) atoms. The van der Waals surface area contributed by atoms with Crippen molar-refractivity contribution in [2.24, 2.45) is 0 Å². The first kappa shape index (κ1) is 29.2. The van der Waals surface area contributed by atoms with Crippen LogP contribution in [0.2, 0.25) is 0 Å². The number of fused-ring (bicyclic) bond motifs is 5. The van der Waals surface area contributed by atoms with Gasteiger partial charge in [-0.3, -0.25) is 0 Å². The van der Waals surface area contributed by atoms with Crippen LogP contribution in [0.4, 0.5) is 0 Å². The molecule has 0 atom stereocenters. The number of allylic oxidation sites excluding steroid dienone is 1. The first-order valence-electron chi connectivity index (χ1n) is 16.7. The maximum atomic E-state index is 2.43. The Morgan fingerprint density at radius 2 is 0.979 bits per heavy atom. The normalized spacial score (nSPS) is 12.2. The number of rotatable bonds is 4. The first-order valence-corrected chi connectivity index (χ1v) is 17.6. The second-order valence-corrected chi connectivity index (χ2v) is 13.1. The molecule has 8 aromatic rings. The number of benzene rings is 7. The highest BCUT2D eigenvalue weighted by atomic mass is 32.1. The lowest BCUT2D eigenvalue weighted by atomic mass is 9.79. The third kappa shape index (κ3) is 5.18. The minimum Gasteiger partial charge on any atom is -0.135 e. The Balaban J connectivity index is 0.00000159. The van der Waals surface area contributed by atoms with Crippen molar-refractivity contribution in [3.63, 3.8) is 0 Å². The highest BCUT2D eigenvalue weighted by Crippen LogP contribution is 2.47. The van der Waals surface area contributed by atoms with Crippen molar-refractivity contribution in [1.82, 2.24) is 0 Å². The van der Waals surface area contributed by atoms with E-state index >= 15 is 0 Å². The van der Waals surface area contributed by atoms with E-state index < -0.39 is 0 Å². The van der Waals surface area contributed by atoms with E-state index in [1.54, 1.807) is 0 Å². The summed E-state index contributed by atoms with van der Waals surface area (Å²) in [7, 11) is 0. The molecule has 0 aliphatic heterocycles. The molecule has 0 radical (unpaired) electrons. The lowest BCUT2D eigenvalue weighted by molar-refractivity contribution is 0.991. The predicted molar refractivity (Wildman–Crippen MR) is 207 cm³/mol. The Morgan fingerprint density at radius 1 is 0.426 bits per heavy atom. The van der Waals surface area contributed by atoms with Crippen molar-refractivity contribution in [2.75, 3.05) is 0 Å². The summed E-state index contributed by atoms with van der Waals surface area (Å²) in [6.45, 7) is 4.00. The average Bonchev–Trinajstić information content (AvgIpc) is 3.53. The average molecular weight is 621 g/mol. The molecule has 0 bridgehead atoms. The zero-order chi connectivity index (χ0) is 31.7. The first-order chi connectivity index (χ1) is 23.3. The van der Waals surface area contributed by atoms with Crippen LogP contribution in [0.15, 0.2) is 152 Å². The lowest BCUT2D eigenvalue weighted by Gasteiger charge is -2.24. The minimum atomic E-state index is 1.03. The van der Waals surface area contributed by atoms with Crippen molar-refractivity contribution in [3.05, 3.63) is 163 Å². The molecule has 1 heterocycles. The van der Waals surface area contributed by atoms with Gasteiger partial charge in [-0.1, -0.05) is 135 Å². The van der Waals surface area contributed by atoms with Gasteiger partial charge in [0, 0.05) is 20.2 Å². The van der Waals surface area contributed by atoms with Crippen LogP contribution in [0.1, 0.15) is 31.4 Å². The molecule has 226 valence electrons. The quantitative estimate of drug-likeness (QED) is 0.184. The van der Waals surface area contributed by atoms with E-state index in [1.807, 2.05) is 25.2 Å². The Kier molecular flexibility index (Phi) is 7.77. The summed E-state index contributed by atoms with van der Waals surface area (Å²) < 4.78 is 2.69. The van der Waals surface area contributed by atoms with Crippen molar-refractivity contribution in [1.29, 1.82) is 0 Å². The Labute approximate surface area is 281 Å². The van der Waals surface area contributed by atoms with Gasteiger partial charge in [0.15, 0.2) is 0 Å². The van der Waals surface area contributed by atoms with Gasteiger partial charge in [-0.25, -0.2) is 0 Å². The predicted octanol–water partition coefficient (Wildman–Crippen LogP) is 13.9. The summed E-state index contributed by atoms with van der Waals surface area (Å²) in [4.78, 5) is 0. The van der Waals surface area contributed by atoms with E-state index in [0.717, 1.165) is 12.8 Å². The fraction of sp³-hybridized carbons (Fsp3) is 0.0870. The zero-order valence-electron chi connectivity index (χ0n) is 26.8. The fourth-order valence-corrected chi connectivity index (χ4v) is 8.36. The summed E-state index contributed by atoms with van der Waals surface area (Å²) in [6.07, 6.45) is 6.83. The van der Waals surface area contributed by atoms with Crippen LogP contribution in [-0.2, 0) is 6.42 Å². The van der Waals surface area contributed by atoms with E-state index in [9.17, 15) is 0 Å². The van der Waals surface area contributed by atoms with Crippen molar-refractivity contribution < 1.29 is 0 Å². The molecular formula is C46H36S. The topological polar surface area (TPSA) is 0 Å². The molecule has 1 heteroatoms. The van der Waals surface area contributed by atoms with Gasteiger partial charge in [0.25, 0.3) is 0 Å². The Hall–Kier alpha value is -5.24. The Morgan fingerprint density at radius 3 is 1.66 bits per heavy atom. The van der Waals surface area contributed by atoms with E-state index in [4.69, 9.17) is 0 Å². The molecule has 0 fully saturated rings. The number of thiophene rings is 1. The number of hydrogen-bond acceptors (Lipinski definition) is 1. The van der Waals surface area contributed by atoms with Gasteiger partial charge in [0.05, 0.1) is 0 Å². The molecule has 0 N–H and O–H groups in total. The molecule has 9 rings (SSSR count). The smallest absolute Gasteiger partial charge is 0.0355 e. The van der Waals surface area contributed by atoms with Crippen LogP contribution in [0.3, 0.4) is 0 Å². The summed E-state index contributed by atoms with van der Waals surface area (Å²) in [5.74, 6) is 0. The largest absolute Gasteiger partial charge is 0.135 e. The third-order valence-electron chi connectivity index (χ3n) is 9.31. The summed E-state index contributed by atoms with van der Waals surface area (Å²) in [5, 5.41) is 5.32. The zero-order valence-corrected chi connectivity index (χ0v) is 27.7. The van der Waals surface area contributed by atoms with Crippen LogP contribution < -0.4 is 0 Å². The summed E-state index contributed by atoms with van der Waals surface area (Å²) >= 11 is 1.88. The molecule has 1 aromatic heterocycles. The van der Waals surface area contributed by atoms with Crippen LogP contribution in [0.5, 0.6) is 0 Å². The van der Waals surface area contributed by atoms with Crippen LogP contribution in [0.25, 0.3) is 81.5 Å². The van der Waals surface area contributed by atoms with Gasteiger partial charge in [-0.2, -0.15) is 0 Å². The summed E-state index contributed by atoms with van der Waals surface area (Å²) in [5.41, 5.74) is 13.1. The van der Waals surface area contributed by atoms with Crippen LogP contribution >= 0.6 is 11.3 Å². The molecule has 0 amide bonds. The van der Waals surface area contributed by atoms with E-state index in [0.29, 0.717) is 0 Å². The monoisotopic (exact) mass is 620 g/mol. The molecule has 7 aromatic carbocycles. The molecule has 0 spiro atoms. The Bertz CT molecular complexity index is 2350. The minimum absolute atomic E-state index is 1.03. The van der Waals surface area contributed by atoms with E-state index in [2.05, 4.69) is 158 Å². The van der Waals surface area contributed by atoms with Crippen LogP contribution in [0, 0.1) is 0 Å². The van der Waals surface area contributed by atoms with Gasteiger partial charge in [-0.15, -0.1) is 11.3 Å². The maximum Gasteiger partial charge on any atom is 0.0355 e. The SMILES string of the molecule is C1=Cc2c(c(-c3cc(-c4ccccc4)cc(-c4ccccc4)c3)c3ccccc3c2-c2ccc3sc4ccccc4c3c2)CC1.CC. The van der Waals surface area contributed by atoms with Crippen molar-refractivity contribution in [2.45, 2.75) is 26.7 Å². The summed E-state index contributed by atoms with van der Waals surface area (Å²) in [6, 6.07) is 53.7. The molecule has 1 aliphatic carbocycles. The lowest BCUT2D eigenvalue weighted by Crippen LogP contribution is -2.03. The van der Waals surface area contributed by atoms with Crippen LogP contribution in [-0.4, -0.2) is 0 Å². The maximum absolute atomic E-state index is 2.43. The van der Waals surface area contributed by atoms with E-state index in [1.165, 1.54) is 86.6 Å². The molecule has 0 unspecified atom stereocenters. The molecular weight excluding hydrogens is 585 g/mol. The number of hydrogen-bond donors (Lipinski definition) is 0. The van der Waals surface area contributed by atoms with Crippen molar-refractivity contribution in [3.8, 4) is 44.5 Å². The van der Waals surface area contributed by atoms with Gasteiger partial charge in [0.2, 0.25) is 0 Å². The highest BCUT2D eigenvalue weighted by Gasteiger charge is 2.23. The second kappa shape index (κ2) is 12.5. The molecule has 1 aliphatic rings.